The Morgan fingerprint density at radius 3 is 1.97 bits per heavy atom. The Hall–Kier alpha value is -3.94. The van der Waals surface area contributed by atoms with Crippen molar-refractivity contribution in [2.24, 2.45) is 10.2 Å². The van der Waals surface area contributed by atoms with Crippen molar-refractivity contribution < 1.29 is 54.2 Å². The van der Waals surface area contributed by atoms with E-state index in [0.29, 0.717) is 24.3 Å². The SMILES string of the molecule is O=S(=O)(O)c1cc(O)c2c(O)c(N=Nc3cc(S(=O)(=O)O)c4cccnc4c3O)c(S(=O)(=O)O)cc2c1. The monoisotopic (exact) mass is 571 g/mol. The number of azo groups is 1. The van der Waals surface area contributed by atoms with Crippen molar-refractivity contribution >= 4 is 63.4 Å². The fraction of sp³-hybridized carbons (Fsp3) is 0. The second-order valence-corrected chi connectivity index (χ2v) is 11.6. The third-order valence-corrected chi connectivity index (χ3v) is 7.61. The smallest absolute Gasteiger partial charge is 0.296 e. The van der Waals surface area contributed by atoms with Gasteiger partial charge < -0.3 is 15.3 Å². The molecule has 0 spiro atoms. The number of nitrogens with zero attached hydrogens (tertiary/aromatic N) is 3. The molecule has 0 unspecified atom stereocenters. The van der Waals surface area contributed by atoms with Crippen LogP contribution in [0, 0.1) is 0 Å². The van der Waals surface area contributed by atoms with Crippen LogP contribution in [0.2, 0.25) is 0 Å². The summed E-state index contributed by atoms with van der Waals surface area (Å²) in [5.74, 6) is -2.81. The number of aromatic hydroxyl groups is 3. The zero-order chi connectivity index (χ0) is 27.5. The molecule has 0 fully saturated rings. The first kappa shape index (κ1) is 26.1. The highest BCUT2D eigenvalue weighted by atomic mass is 32.2. The molecule has 0 saturated heterocycles. The lowest BCUT2D eigenvalue weighted by Gasteiger charge is -2.11. The van der Waals surface area contributed by atoms with E-state index in [1.54, 1.807) is 0 Å². The van der Waals surface area contributed by atoms with Crippen LogP contribution in [-0.2, 0) is 30.4 Å². The van der Waals surface area contributed by atoms with Crippen LogP contribution in [0.1, 0.15) is 0 Å². The van der Waals surface area contributed by atoms with E-state index in [4.69, 9.17) is 0 Å². The van der Waals surface area contributed by atoms with Gasteiger partial charge in [0, 0.05) is 17.6 Å². The zero-order valence-corrected chi connectivity index (χ0v) is 20.2. The van der Waals surface area contributed by atoms with E-state index in [9.17, 15) is 54.2 Å². The lowest BCUT2D eigenvalue weighted by Crippen LogP contribution is -2.01. The predicted octanol–water partition coefficient (Wildman–Crippen LogP) is 2.66. The maximum Gasteiger partial charge on any atom is 0.296 e. The van der Waals surface area contributed by atoms with Gasteiger partial charge in [0.15, 0.2) is 11.5 Å². The molecular weight excluding hydrogens is 558 g/mol. The minimum atomic E-state index is -5.21. The van der Waals surface area contributed by atoms with Crippen LogP contribution < -0.4 is 0 Å². The van der Waals surface area contributed by atoms with Crippen LogP contribution in [-0.4, -0.2) is 59.2 Å². The number of hydrogen-bond donors (Lipinski definition) is 6. The molecule has 4 aromatic rings. The Labute approximate surface area is 207 Å². The lowest BCUT2D eigenvalue weighted by atomic mass is 10.1. The normalized spacial score (nSPS) is 13.1. The van der Waals surface area contributed by atoms with Crippen molar-refractivity contribution in [3.63, 3.8) is 0 Å². The van der Waals surface area contributed by atoms with Crippen molar-refractivity contribution in [1.29, 1.82) is 0 Å². The summed E-state index contributed by atoms with van der Waals surface area (Å²) in [4.78, 5) is 1.07. The highest BCUT2D eigenvalue weighted by Crippen LogP contribution is 2.46. The minimum absolute atomic E-state index is 0.187. The molecule has 0 saturated carbocycles. The maximum atomic E-state index is 12.0. The van der Waals surface area contributed by atoms with Gasteiger partial charge in [-0.1, -0.05) is 0 Å². The van der Waals surface area contributed by atoms with Crippen LogP contribution >= 0.6 is 0 Å². The molecule has 0 aliphatic carbocycles. The van der Waals surface area contributed by atoms with Crippen LogP contribution in [0.25, 0.3) is 21.7 Å². The van der Waals surface area contributed by atoms with Gasteiger partial charge in [-0.3, -0.25) is 18.6 Å². The molecule has 194 valence electrons. The Kier molecular flexibility index (Phi) is 6.06. The van der Waals surface area contributed by atoms with Gasteiger partial charge in [0.2, 0.25) is 0 Å². The number of rotatable bonds is 5. The molecule has 0 atom stereocenters. The summed E-state index contributed by atoms with van der Waals surface area (Å²) in [7, 11) is -15.0. The molecule has 0 aliphatic rings. The number of hydrogen-bond acceptors (Lipinski definition) is 12. The second kappa shape index (κ2) is 8.57. The van der Waals surface area contributed by atoms with Gasteiger partial charge in [-0.15, -0.1) is 10.2 Å². The molecule has 15 nitrogen and oxygen atoms in total. The summed E-state index contributed by atoms with van der Waals surface area (Å²) in [5, 5.41) is 37.2. The van der Waals surface area contributed by atoms with E-state index >= 15 is 0 Å². The van der Waals surface area contributed by atoms with Gasteiger partial charge in [-0.05, 0) is 35.7 Å². The van der Waals surface area contributed by atoms with Crippen molar-refractivity contribution in [3.05, 3.63) is 42.6 Å². The number of phenolic OH excluding ortho intramolecular Hbond substituents is 3. The van der Waals surface area contributed by atoms with E-state index in [2.05, 4.69) is 15.2 Å². The molecular formula is C19H13N3O12S3. The Morgan fingerprint density at radius 1 is 0.730 bits per heavy atom. The summed E-state index contributed by atoms with van der Waals surface area (Å²) in [5.41, 5.74) is -2.00. The Morgan fingerprint density at radius 2 is 1.38 bits per heavy atom. The molecule has 4 rings (SSSR count). The van der Waals surface area contributed by atoms with Crippen LogP contribution in [0.5, 0.6) is 17.2 Å². The summed E-state index contributed by atoms with van der Waals surface area (Å²) < 4.78 is 99.0. The Balaban J connectivity index is 2.04. The van der Waals surface area contributed by atoms with Crippen molar-refractivity contribution in [2.75, 3.05) is 0 Å². The summed E-state index contributed by atoms with van der Waals surface area (Å²) in [6, 6.07) is 5.08. The van der Waals surface area contributed by atoms with E-state index in [1.165, 1.54) is 18.3 Å². The molecule has 0 radical (unpaired) electrons. The molecule has 0 aliphatic heterocycles. The molecule has 1 heterocycles. The van der Waals surface area contributed by atoms with Crippen molar-refractivity contribution in [3.8, 4) is 17.2 Å². The van der Waals surface area contributed by atoms with E-state index < -0.39 is 84.4 Å². The van der Waals surface area contributed by atoms with Gasteiger partial charge >= 0.3 is 0 Å². The average molecular weight is 572 g/mol. The van der Waals surface area contributed by atoms with E-state index in [1.807, 2.05) is 0 Å². The fourth-order valence-corrected chi connectivity index (χ4v) is 5.36. The van der Waals surface area contributed by atoms with Crippen LogP contribution in [0.4, 0.5) is 11.4 Å². The summed E-state index contributed by atoms with van der Waals surface area (Å²) >= 11 is 0. The first-order chi connectivity index (χ1) is 17.0. The number of fused-ring (bicyclic) bond motifs is 2. The standard InChI is InChI=1S/C19H13N3O12S3/c23-12-6-9(35(26,27)28)4-8-5-14(37(32,33)34)17(19(25)15(8)12)22-21-11-7-13(36(29,30)31)10-2-1-3-20-16(10)18(11)24/h1-7,23-25H,(H,26,27,28)(H,29,30,31)(H,32,33,34). The first-order valence-corrected chi connectivity index (χ1v) is 13.8. The summed E-state index contributed by atoms with van der Waals surface area (Å²) in [6.07, 6.45) is 1.19. The van der Waals surface area contributed by atoms with Gasteiger partial charge in [0.1, 0.15) is 32.4 Å². The lowest BCUT2D eigenvalue weighted by molar-refractivity contribution is 0.457. The third-order valence-electron chi connectivity index (χ3n) is 5.02. The van der Waals surface area contributed by atoms with E-state index in [-0.39, 0.29) is 10.9 Å². The zero-order valence-electron chi connectivity index (χ0n) is 17.7. The number of pyridine rings is 1. The first-order valence-electron chi connectivity index (χ1n) is 9.47. The third kappa shape index (κ3) is 4.75. The quantitative estimate of drug-likeness (QED) is 0.149. The van der Waals surface area contributed by atoms with Gasteiger partial charge in [-0.2, -0.15) is 25.3 Å². The highest BCUT2D eigenvalue weighted by molar-refractivity contribution is 7.86. The minimum Gasteiger partial charge on any atom is -0.507 e. The molecule has 3 aromatic carbocycles. The highest BCUT2D eigenvalue weighted by Gasteiger charge is 2.26. The number of aromatic nitrogens is 1. The molecule has 37 heavy (non-hydrogen) atoms. The summed E-state index contributed by atoms with van der Waals surface area (Å²) in [6.45, 7) is 0. The van der Waals surface area contributed by atoms with Crippen molar-refractivity contribution in [2.45, 2.75) is 14.7 Å². The molecule has 1 aromatic heterocycles. The molecule has 0 amide bonds. The van der Waals surface area contributed by atoms with Crippen LogP contribution in [0.15, 0.2) is 67.5 Å². The fourth-order valence-electron chi connectivity index (χ4n) is 3.46. The van der Waals surface area contributed by atoms with Gasteiger partial charge in [-0.25, -0.2) is 0 Å². The van der Waals surface area contributed by atoms with Gasteiger partial charge in [0.25, 0.3) is 30.4 Å². The predicted molar refractivity (Wildman–Crippen MR) is 124 cm³/mol. The Bertz CT molecular complexity index is 1990. The second-order valence-electron chi connectivity index (χ2n) is 7.38. The van der Waals surface area contributed by atoms with Crippen LogP contribution in [0.3, 0.4) is 0 Å². The topological polar surface area (TPSA) is 261 Å². The number of phenols is 3. The molecule has 18 heteroatoms. The largest absolute Gasteiger partial charge is 0.507 e. The maximum absolute atomic E-state index is 12.0. The van der Waals surface area contributed by atoms with E-state index in [0.717, 1.165) is 0 Å². The van der Waals surface area contributed by atoms with Crippen molar-refractivity contribution in [1.82, 2.24) is 4.98 Å². The molecule has 0 bridgehead atoms. The van der Waals surface area contributed by atoms with Gasteiger partial charge in [0.05, 0.1) is 10.3 Å². The number of benzene rings is 3. The molecule has 6 N–H and O–H groups in total. The average Bonchev–Trinajstić information content (AvgIpc) is 2.77.